The molecule has 1 aliphatic rings. The molecule has 1 saturated heterocycles. The third-order valence-corrected chi connectivity index (χ3v) is 3.52. The molecule has 0 spiro atoms. The minimum atomic E-state index is -0.320. The molecule has 1 aromatic carbocycles. The standard InChI is InChI=1S/C15H18N2O2/c1-19-15(18)13-7-5-12(6-8-13)11-17-9-3-2-4-14(17)10-16/h5-8,14H,2-4,9,11H2,1H3. The summed E-state index contributed by atoms with van der Waals surface area (Å²) in [4.78, 5) is 13.5. The smallest absolute Gasteiger partial charge is 0.337 e. The molecule has 0 aromatic heterocycles. The molecule has 4 heteroatoms. The molecule has 4 nitrogen and oxygen atoms in total. The number of likely N-dealkylation sites (tertiary alicyclic amines) is 1. The van der Waals surface area contributed by atoms with Gasteiger partial charge < -0.3 is 4.74 Å². The van der Waals surface area contributed by atoms with E-state index in [-0.39, 0.29) is 12.0 Å². The Morgan fingerprint density at radius 3 is 2.79 bits per heavy atom. The van der Waals surface area contributed by atoms with Gasteiger partial charge in [0.15, 0.2) is 0 Å². The van der Waals surface area contributed by atoms with Crippen LogP contribution in [0, 0.1) is 11.3 Å². The number of hydrogen-bond donors (Lipinski definition) is 0. The van der Waals surface area contributed by atoms with Gasteiger partial charge in [-0.1, -0.05) is 12.1 Å². The number of hydrogen-bond acceptors (Lipinski definition) is 4. The van der Waals surface area contributed by atoms with E-state index in [1.165, 1.54) is 7.11 Å². The Hall–Kier alpha value is -1.86. The second kappa shape index (κ2) is 6.35. The molecular weight excluding hydrogens is 240 g/mol. The molecule has 0 aliphatic carbocycles. The van der Waals surface area contributed by atoms with E-state index in [2.05, 4.69) is 15.7 Å². The van der Waals surface area contributed by atoms with Crippen molar-refractivity contribution >= 4 is 5.97 Å². The summed E-state index contributed by atoms with van der Waals surface area (Å²) in [6, 6.07) is 9.78. The molecule has 100 valence electrons. The normalized spacial score (nSPS) is 19.7. The number of ether oxygens (including phenoxy) is 1. The van der Waals surface area contributed by atoms with Crippen molar-refractivity contribution in [1.29, 1.82) is 5.26 Å². The van der Waals surface area contributed by atoms with Crippen LogP contribution in [0.3, 0.4) is 0 Å². The first-order chi connectivity index (χ1) is 9.24. The highest BCUT2D eigenvalue weighted by molar-refractivity contribution is 5.89. The molecule has 1 heterocycles. The van der Waals surface area contributed by atoms with Crippen LogP contribution in [0.25, 0.3) is 0 Å². The molecule has 0 bridgehead atoms. The van der Waals surface area contributed by atoms with Gasteiger partial charge in [0.1, 0.15) is 0 Å². The first kappa shape index (κ1) is 13.6. The third kappa shape index (κ3) is 3.33. The fourth-order valence-corrected chi connectivity index (χ4v) is 2.43. The summed E-state index contributed by atoms with van der Waals surface area (Å²) in [5.41, 5.74) is 1.68. The first-order valence-electron chi connectivity index (χ1n) is 6.55. The summed E-state index contributed by atoms with van der Waals surface area (Å²) in [5, 5.41) is 9.14. The van der Waals surface area contributed by atoms with Crippen molar-refractivity contribution in [3.8, 4) is 6.07 Å². The molecule has 19 heavy (non-hydrogen) atoms. The van der Waals surface area contributed by atoms with E-state index in [9.17, 15) is 4.79 Å². The van der Waals surface area contributed by atoms with Crippen LogP contribution in [0.1, 0.15) is 35.2 Å². The second-order valence-corrected chi connectivity index (χ2v) is 4.80. The molecular formula is C15H18N2O2. The summed E-state index contributed by atoms with van der Waals surface area (Å²) >= 11 is 0. The topological polar surface area (TPSA) is 53.3 Å². The SMILES string of the molecule is COC(=O)c1ccc(CN2CCCCC2C#N)cc1. The number of piperidine rings is 1. The molecule has 1 aromatic rings. The lowest BCUT2D eigenvalue weighted by Gasteiger charge is -2.31. The highest BCUT2D eigenvalue weighted by Crippen LogP contribution is 2.19. The van der Waals surface area contributed by atoms with Gasteiger partial charge in [0.25, 0.3) is 0 Å². The third-order valence-electron chi connectivity index (χ3n) is 3.52. The van der Waals surface area contributed by atoms with Crippen molar-refractivity contribution in [2.45, 2.75) is 31.8 Å². The Bertz CT molecular complexity index is 476. The van der Waals surface area contributed by atoms with Crippen LogP contribution >= 0.6 is 0 Å². The molecule has 1 aliphatic heterocycles. The molecule has 1 atom stereocenters. The minimum absolute atomic E-state index is 0.0223. The van der Waals surface area contributed by atoms with Gasteiger partial charge in [0.05, 0.1) is 24.8 Å². The number of carbonyl (C=O) groups is 1. The lowest BCUT2D eigenvalue weighted by atomic mass is 10.0. The quantitative estimate of drug-likeness (QED) is 0.781. The van der Waals surface area contributed by atoms with Crippen LogP contribution in [0.4, 0.5) is 0 Å². The minimum Gasteiger partial charge on any atom is -0.465 e. The van der Waals surface area contributed by atoms with Crippen molar-refractivity contribution in [3.05, 3.63) is 35.4 Å². The zero-order chi connectivity index (χ0) is 13.7. The molecule has 0 radical (unpaired) electrons. The van der Waals surface area contributed by atoms with Gasteiger partial charge in [0.2, 0.25) is 0 Å². The van der Waals surface area contributed by atoms with Gasteiger partial charge in [-0.2, -0.15) is 5.26 Å². The van der Waals surface area contributed by atoms with Crippen LogP contribution in [-0.4, -0.2) is 30.6 Å². The Morgan fingerprint density at radius 2 is 2.16 bits per heavy atom. The van der Waals surface area contributed by atoms with Crippen LogP contribution in [-0.2, 0) is 11.3 Å². The molecule has 0 saturated carbocycles. The zero-order valence-corrected chi connectivity index (χ0v) is 11.1. The fraction of sp³-hybridized carbons (Fsp3) is 0.467. The van der Waals surface area contributed by atoms with E-state index < -0.39 is 0 Å². The number of esters is 1. The van der Waals surface area contributed by atoms with Gasteiger partial charge >= 0.3 is 5.97 Å². The average Bonchev–Trinajstić information content (AvgIpc) is 2.48. The van der Waals surface area contributed by atoms with E-state index >= 15 is 0 Å². The van der Waals surface area contributed by atoms with Gasteiger partial charge in [-0.05, 0) is 43.5 Å². The Kier molecular flexibility index (Phi) is 4.53. The Morgan fingerprint density at radius 1 is 1.42 bits per heavy atom. The summed E-state index contributed by atoms with van der Waals surface area (Å²) in [5.74, 6) is -0.320. The summed E-state index contributed by atoms with van der Waals surface area (Å²) in [6.07, 6.45) is 3.24. The van der Waals surface area contributed by atoms with Crippen molar-refractivity contribution in [3.63, 3.8) is 0 Å². The summed E-state index contributed by atoms with van der Waals surface area (Å²) in [6.45, 7) is 1.73. The maximum Gasteiger partial charge on any atom is 0.337 e. The molecule has 2 rings (SSSR count). The number of benzene rings is 1. The molecule has 0 N–H and O–H groups in total. The van der Waals surface area contributed by atoms with Crippen molar-refractivity contribution in [2.75, 3.05) is 13.7 Å². The average molecular weight is 258 g/mol. The number of methoxy groups -OCH3 is 1. The maximum atomic E-state index is 11.3. The van der Waals surface area contributed by atoms with Gasteiger partial charge in [-0.3, -0.25) is 4.90 Å². The highest BCUT2D eigenvalue weighted by Gasteiger charge is 2.21. The Balaban J connectivity index is 2.03. The van der Waals surface area contributed by atoms with Crippen molar-refractivity contribution < 1.29 is 9.53 Å². The first-order valence-corrected chi connectivity index (χ1v) is 6.55. The zero-order valence-electron chi connectivity index (χ0n) is 11.1. The highest BCUT2D eigenvalue weighted by atomic mass is 16.5. The van der Waals surface area contributed by atoms with Crippen LogP contribution < -0.4 is 0 Å². The molecule has 1 unspecified atom stereocenters. The number of carbonyl (C=O) groups excluding carboxylic acids is 1. The van der Waals surface area contributed by atoms with E-state index in [4.69, 9.17) is 5.26 Å². The molecule has 1 fully saturated rings. The van der Waals surface area contributed by atoms with Crippen molar-refractivity contribution in [2.24, 2.45) is 0 Å². The van der Waals surface area contributed by atoms with E-state index in [0.29, 0.717) is 5.56 Å². The lowest BCUT2D eigenvalue weighted by Crippen LogP contribution is -2.37. The lowest BCUT2D eigenvalue weighted by molar-refractivity contribution is 0.0600. The van der Waals surface area contributed by atoms with Crippen LogP contribution in [0.5, 0.6) is 0 Å². The van der Waals surface area contributed by atoms with Gasteiger partial charge in [-0.15, -0.1) is 0 Å². The predicted octanol–water partition coefficient (Wildman–Crippen LogP) is 2.35. The van der Waals surface area contributed by atoms with E-state index in [0.717, 1.165) is 37.9 Å². The van der Waals surface area contributed by atoms with Gasteiger partial charge in [0, 0.05) is 6.54 Å². The van der Waals surface area contributed by atoms with E-state index in [1.807, 2.05) is 12.1 Å². The Labute approximate surface area is 113 Å². The van der Waals surface area contributed by atoms with Gasteiger partial charge in [-0.25, -0.2) is 4.79 Å². The van der Waals surface area contributed by atoms with Crippen LogP contribution in [0.15, 0.2) is 24.3 Å². The molecule has 0 amide bonds. The monoisotopic (exact) mass is 258 g/mol. The number of rotatable bonds is 3. The second-order valence-electron chi connectivity index (χ2n) is 4.80. The fourth-order valence-electron chi connectivity index (χ4n) is 2.43. The van der Waals surface area contributed by atoms with Crippen molar-refractivity contribution in [1.82, 2.24) is 4.90 Å². The number of nitriles is 1. The summed E-state index contributed by atoms with van der Waals surface area (Å²) in [7, 11) is 1.38. The predicted molar refractivity (Wildman–Crippen MR) is 71.4 cm³/mol. The van der Waals surface area contributed by atoms with Crippen LogP contribution in [0.2, 0.25) is 0 Å². The number of nitrogens with zero attached hydrogens (tertiary/aromatic N) is 2. The largest absolute Gasteiger partial charge is 0.465 e. The maximum absolute atomic E-state index is 11.3. The summed E-state index contributed by atoms with van der Waals surface area (Å²) < 4.78 is 4.67. The van der Waals surface area contributed by atoms with E-state index in [1.54, 1.807) is 12.1 Å².